The van der Waals surface area contributed by atoms with E-state index in [-0.39, 0.29) is 28.8 Å². The van der Waals surface area contributed by atoms with Crippen LogP contribution in [0.5, 0.6) is 11.5 Å². The predicted octanol–water partition coefficient (Wildman–Crippen LogP) is 9.11. The van der Waals surface area contributed by atoms with Crippen molar-refractivity contribution in [1.82, 2.24) is 9.62 Å². The smallest absolute Gasteiger partial charge is 0.412 e. The highest BCUT2D eigenvalue weighted by atomic mass is 35.5. The number of hydrogen-bond donors (Lipinski definition) is 2. The van der Waals surface area contributed by atoms with Gasteiger partial charge in [-0.2, -0.15) is 0 Å². The molecule has 0 aliphatic carbocycles. The van der Waals surface area contributed by atoms with Crippen molar-refractivity contribution in [2.75, 3.05) is 61.6 Å². The van der Waals surface area contributed by atoms with Gasteiger partial charge in [-0.05, 0) is 98.8 Å². The molecule has 2 aliphatic rings. The van der Waals surface area contributed by atoms with E-state index in [0.717, 1.165) is 42.5 Å². The maximum absolute atomic E-state index is 14.0. The van der Waals surface area contributed by atoms with Gasteiger partial charge >= 0.3 is 6.09 Å². The molecule has 5 aromatic carbocycles. The quantitative estimate of drug-likeness (QED) is 0.0849. The standard InChI is InChI=1S/C47H51ClN6O9S/c1-47(2,3)63-46(56)49-35-9-7-10-38(28-35)62-44-29-37(53-24-22-52(23-25-53)31-33-8-5-6-11-40(33)32-12-14-34(48)15-13-32)16-18-41(44)45(55)50-64(59,60)39-17-19-42(43(30-39)54(57)58)51(4)36-20-26-61-27-21-36/h5-19,28-30,36H,20-27,31H2,1-4H3,(H,49,56)(H,50,55). The van der Waals surface area contributed by atoms with Gasteiger partial charge in [0.15, 0.2) is 0 Å². The Hall–Kier alpha value is -6.20. The molecular weight excluding hydrogens is 860 g/mol. The monoisotopic (exact) mass is 910 g/mol. The lowest BCUT2D eigenvalue weighted by Gasteiger charge is -2.36. The van der Waals surface area contributed by atoms with Crippen LogP contribution in [-0.4, -0.2) is 88.3 Å². The van der Waals surface area contributed by atoms with Gasteiger partial charge in [-0.25, -0.2) is 17.9 Å². The second-order valence-corrected chi connectivity index (χ2v) is 18.8. The summed E-state index contributed by atoms with van der Waals surface area (Å²) < 4.78 is 46.8. The third-order valence-corrected chi connectivity index (χ3v) is 12.6. The molecule has 2 aliphatic heterocycles. The van der Waals surface area contributed by atoms with E-state index < -0.39 is 43.1 Å². The van der Waals surface area contributed by atoms with Crippen LogP contribution in [0.4, 0.5) is 27.5 Å². The largest absolute Gasteiger partial charge is 0.456 e. The molecule has 7 rings (SSSR count). The fourth-order valence-electron chi connectivity index (χ4n) is 7.76. The first-order valence-corrected chi connectivity index (χ1v) is 22.8. The summed E-state index contributed by atoms with van der Waals surface area (Å²) in [6, 6.07) is 31.0. The zero-order chi connectivity index (χ0) is 45.6. The minimum Gasteiger partial charge on any atom is -0.456 e. The lowest BCUT2D eigenvalue weighted by molar-refractivity contribution is -0.384. The summed E-state index contributed by atoms with van der Waals surface area (Å²) in [5, 5.41) is 15.6. The van der Waals surface area contributed by atoms with Crippen LogP contribution in [0.1, 0.15) is 49.5 Å². The molecule has 0 bridgehead atoms. The van der Waals surface area contributed by atoms with Gasteiger partial charge in [0.05, 0.1) is 15.4 Å². The molecule has 15 nitrogen and oxygen atoms in total. The number of amides is 2. The number of carbonyl (C=O) groups is 2. The lowest BCUT2D eigenvalue weighted by Crippen LogP contribution is -2.46. The van der Waals surface area contributed by atoms with Crippen molar-refractivity contribution in [1.29, 1.82) is 0 Å². The van der Waals surface area contributed by atoms with Crippen LogP contribution in [0.2, 0.25) is 5.02 Å². The van der Waals surface area contributed by atoms with Crippen molar-refractivity contribution in [3.63, 3.8) is 0 Å². The van der Waals surface area contributed by atoms with Crippen LogP contribution < -0.4 is 24.6 Å². The molecule has 2 saturated heterocycles. The summed E-state index contributed by atoms with van der Waals surface area (Å²) >= 11 is 6.16. The summed E-state index contributed by atoms with van der Waals surface area (Å²) in [4.78, 5) is 44.0. The molecule has 64 heavy (non-hydrogen) atoms. The number of carbonyl (C=O) groups excluding carboxylic acids is 2. The van der Waals surface area contributed by atoms with Crippen LogP contribution in [0, 0.1) is 10.1 Å². The van der Waals surface area contributed by atoms with Crippen LogP contribution in [0.25, 0.3) is 11.1 Å². The first-order chi connectivity index (χ1) is 30.5. The highest BCUT2D eigenvalue weighted by Crippen LogP contribution is 2.35. The van der Waals surface area contributed by atoms with Crippen molar-refractivity contribution in [2.45, 2.75) is 56.7 Å². The average molecular weight is 911 g/mol. The van der Waals surface area contributed by atoms with Crippen LogP contribution in [0.15, 0.2) is 114 Å². The molecule has 0 radical (unpaired) electrons. The number of halogens is 1. The highest BCUT2D eigenvalue weighted by Gasteiger charge is 2.30. The van der Waals surface area contributed by atoms with Crippen molar-refractivity contribution in [2.24, 2.45) is 0 Å². The van der Waals surface area contributed by atoms with Gasteiger partial charge in [0.25, 0.3) is 21.6 Å². The molecule has 0 spiro atoms. The van der Waals surface area contributed by atoms with E-state index in [1.54, 1.807) is 69.1 Å². The van der Waals surface area contributed by atoms with Gasteiger partial charge in [-0.3, -0.25) is 25.1 Å². The SMILES string of the molecule is CN(c1ccc(S(=O)(=O)NC(=O)c2ccc(N3CCN(Cc4ccccc4-c4ccc(Cl)cc4)CC3)cc2Oc2cccc(NC(=O)OC(C)(C)C)c2)cc1[N+](=O)[O-])C1CCOCC1. The van der Waals surface area contributed by atoms with Gasteiger partial charge in [-0.15, -0.1) is 0 Å². The Bertz CT molecular complexity index is 2610. The third-order valence-electron chi connectivity index (χ3n) is 11.0. The van der Waals surface area contributed by atoms with Crippen LogP contribution in [0.3, 0.4) is 0 Å². The number of nitrogens with one attached hydrogen (secondary N) is 2. The van der Waals surface area contributed by atoms with Crippen molar-refractivity contribution >= 4 is 56.4 Å². The normalized spacial score (nSPS) is 15.0. The molecule has 0 unspecified atom stereocenters. The lowest BCUT2D eigenvalue weighted by atomic mass is 9.99. The molecule has 17 heteroatoms. The Balaban J connectivity index is 1.12. The van der Waals surface area contributed by atoms with Crippen molar-refractivity contribution in [3.8, 4) is 22.6 Å². The highest BCUT2D eigenvalue weighted by molar-refractivity contribution is 7.90. The van der Waals surface area contributed by atoms with Gasteiger partial charge in [0.1, 0.15) is 22.8 Å². The van der Waals surface area contributed by atoms with Gasteiger partial charge in [0, 0.05) is 93.6 Å². The number of anilines is 3. The second-order valence-electron chi connectivity index (χ2n) is 16.7. The number of hydrogen-bond acceptors (Lipinski definition) is 12. The number of nitro benzene ring substituents is 1. The summed E-state index contributed by atoms with van der Waals surface area (Å²) in [5.74, 6) is -0.732. The van der Waals surface area contributed by atoms with E-state index in [0.29, 0.717) is 49.9 Å². The summed E-state index contributed by atoms with van der Waals surface area (Å²) in [6.07, 6.45) is 0.649. The molecule has 2 amide bonds. The fraction of sp³-hybridized carbons (Fsp3) is 0.319. The third kappa shape index (κ3) is 11.5. The molecular formula is C47H51ClN6O9S. The Labute approximate surface area is 378 Å². The number of rotatable bonds is 13. The Morgan fingerprint density at radius 1 is 0.906 bits per heavy atom. The van der Waals surface area contributed by atoms with Crippen LogP contribution >= 0.6 is 11.6 Å². The Kier molecular flexibility index (Phi) is 14.1. The Morgan fingerprint density at radius 2 is 1.62 bits per heavy atom. The number of ether oxygens (including phenoxy) is 3. The molecule has 0 saturated carbocycles. The van der Waals surface area contributed by atoms with E-state index in [1.807, 2.05) is 36.4 Å². The molecule has 2 N–H and O–H groups in total. The van der Waals surface area contributed by atoms with Crippen molar-refractivity contribution in [3.05, 3.63) is 135 Å². The predicted molar refractivity (Wildman–Crippen MR) is 247 cm³/mol. The number of benzene rings is 5. The minimum absolute atomic E-state index is 0.0306. The maximum Gasteiger partial charge on any atom is 0.412 e. The number of nitro groups is 1. The van der Waals surface area contributed by atoms with E-state index in [1.165, 1.54) is 23.8 Å². The van der Waals surface area contributed by atoms with Gasteiger partial charge in [-0.1, -0.05) is 54.1 Å². The fourth-order valence-corrected chi connectivity index (χ4v) is 8.87. The molecule has 5 aromatic rings. The molecule has 2 fully saturated rings. The molecule has 336 valence electrons. The van der Waals surface area contributed by atoms with E-state index in [9.17, 15) is 28.1 Å². The van der Waals surface area contributed by atoms with Gasteiger partial charge in [0.2, 0.25) is 0 Å². The zero-order valence-corrected chi connectivity index (χ0v) is 37.7. The van der Waals surface area contributed by atoms with E-state index >= 15 is 0 Å². The topological polar surface area (TPSA) is 173 Å². The number of sulfonamides is 1. The minimum atomic E-state index is -4.62. The molecule has 0 aromatic heterocycles. The summed E-state index contributed by atoms with van der Waals surface area (Å²) in [6.45, 7) is 9.78. The van der Waals surface area contributed by atoms with Gasteiger partial charge < -0.3 is 24.0 Å². The first-order valence-electron chi connectivity index (χ1n) is 20.9. The number of nitrogens with zero attached hydrogens (tertiary/aromatic N) is 4. The van der Waals surface area contributed by atoms with Crippen molar-refractivity contribution < 1.29 is 37.1 Å². The molecule has 2 heterocycles. The van der Waals surface area contributed by atoms with E-state index in [2.05, 4.69) is 32.0 Å². The second kappa shape index (κ2) is 19.7. The summed E-state index contributed by atoms with van der Waals surface area (Å²) in [7, 11) is -2.89. The number of piperazine rings is 1. The average Bonchev–Trinajstić information content (AvgIpc) is 3.26. The zero-order valence-electron chi connectivity index (χ0n) is 36.1. The molecule has 0 atom stereocenters. The Morgan fingerprint density at radius 3 is 2.33 bits per heavy atom. The van der Waals surface area contributed by atoms with Crippen LogP contribution in [-0.2, 0) is 26.0 Å². The summed E-state index contributed by atoms with van der Waals surface area (Å²) in [5.41, 5.74) is 3.50. The van der Waals surface area contributed by atoms with E-state index in [4.69, 9.17) is 25.8 Å². The maximum atomic E-state index is 14.0. The first kappa shape index (κ1) is 45.8.